The minimum atomic E-state index is -0.359. The number of ether oxygens (including phenoxy) is 1. The second kappa shape index (κ2) is 5.40. The summed E-state index contributed by atoms with van der Waals surface area (Å²) in [6.07, 6.45) is -0.359. The summed E-state index contributed by atoms with van der Waals surface area (Å²) in [6.45, 7) is 1.61. The van der Waals surface area contributed by atoms with Crippen molar-refractivity contribution in [2.24, 2.45) is 0 Å². The van der Waals surface area contributed by atoms with Gasteiger partial charge in [0, 0.05) is 6.92 Å². The lowest BCUT2D eigenvalue weighted by Crippen LogP contribution is -2.37. The Morgan fingerprint density at radius 2 is 1.76 bits per heavy atom. The van der Waals surface area contributed by atoms with Gasteiger partial charge in [0.2, 0.25) is 5.91 Å². The van der Waals surface area contributed by atoms with E-state index in [0.29, 0.717) is 11.3 Å². The molecule has 0 spiro atoms. The van der Waals surface area contributed by atoms with E-state index in [9.17, 15) is 9.59 Å². The normalized spacial score (nSPS) is 17.7. The van der Waals surface area contributed by atoms with Gasteiger partial charge in [0.05, 0.1) is 12.1 Å². The average molecular weight is 281 g/mol. The fourth-order valence-electron chi connectivity index (χ4n) is 2.44. The third kappa shape index (κ3) is 2.52. The molecule has 0 bridgehead atoms. The van der Waals surface area contributed by atoms with Crippen molar-refractivity contribution in [2.45, 2.75) is 13.0 Å². The number of benzene rings is 2. The smallest absolute Gasteiger partial charge is 0.264 e. The van der Waals surface area contributed by atoms with Gasteiger partial charge in [-0.2, -0.15) is 0 Å². The van der Waals surface area contributed by atoms with E-state index in [1.807, 2.05) is 36.4 Å². The highest BCUT2D eigenvalue weighted by molar-refractivity contribution is 6.06. The van der Waals surface area contributed by atoms with E-state index in [1.54, 1.807) is 18.2 Å². The van der Waals surface area contributed by atoms with Crippen LogP contribution in [0.4, 0.5) is 0 Å². The van der Waals surface area contributed by atoms with Gasteiger partial charge >= 0.3 is 0 Å². The highest BCUT2D eigenvalue weighted by Gasteiger charge is 2.31. The van der Waals surface area contributed by atoms with Gasteiger partial charge in [0.1, 0.15) is 11.9 Å². The number of hydrogen-bond donors (Lipinski definition) is 0. The Morgan fingerprint density at radius 1 is 1.10 bits per heavy atom. The fraction of sp³-hybridized carbons (Fsp3) is 0.176. The molecule has 1 atom stereocenters. The Kier molecular flexibility index (Phi) is 3.44. The van der Waals surface area contributed by atoms with E-state index >= 15 is 0 Å². The van der Waals surface area contributed by atoms with Crippen molar-refractivity contribution in [3.05, 3.63) is 65.7 Å². The Morgan fingerprint density at radius 3 is 2.48 bits per heavy atom. The zero-order valence-corrected chi connectivity index (χ0v) is 11.7. The summed E-state index contributed by atoms with van der Waals surface area (Å²) in [5.41, 5.74) is 1.36. The summed E-state index contributed by atoms with van der Waals surface area (Å²) in [6, 6.07) is 16.6. The predicted molar refractivity (Wildman–Crippen MR) is 78.0 cm³/mol. The molecule has 106 valence electrons. The third-order valence-corrected chi connectivity index (χ3v) is 3.53. The molecule has 0 saturated carbocycles. The van der Waals surface area contributed by atoms with E-state index in [2.05, 4.69) is 0 Å². The Balaban J connectivity index is 2.06. The van der Waals surface area contributed by atoms with Gasteiger partial charge < -0.3 is 4.74 Å². The summed E-state index contributed by atoms with van der Waals surface area (Å²) in [4.78, 5) is 25.5. The maximum Gasteiger partial charge on any atom is 0.264 e. The molecule has 0 fully saturated rings. The summed E-state index contributed by atoms with van der Waals surface area (Å²) in [7, 11) is 0. The van der Waals surface area contributed by atoms with Crippen LogP contribution < -0.4 is 4.74 Å². The fourth-order valence-corrected chi connectivity index (χ4v) is 2.44. The molecule has 0 N–H and O–H groups in total. The lowest BCUT2D eigenvalue weighted by molar-refractivity contribution is -0.127. The maximum absolute atomic E-state index is 12.5. The quantitative estimate of drug-likeness (QED) is 0.807. The van der Waals surface area contributed by atoms with E-state index in [1.165, 1.54) is 11.8 Å². The second-order valence-electron chi connectivity index (χ2n) is 4.95. The molecule has 3 rings (SSSR count). The van der Waals surface area contributed by atoms with Crippen LogP contribution in [-0.2, 0) is 4.79 Å². The van der Waals surface area contributed by atoms with Crippen molar-refractivity contribution in [2.75, 3.05) is 6.54 Å². The molecule has 1 unspecified atom stereocenters. The first kappa shape index (κ1) is 13.4. The van der Waals surface area contributed by atoms with Gasteiger partial charge in [-0.3, -0.25) is 14.5 Å². The SMILES string of the molecule is CC(=O)N1CC(c2ccccc2)Oc2ccccc2C1=O. The first-order valence-corrected chi connectivity index (χ1v) is 6.80. The molecule has 2 aromatic rings. The molecule has 2 amide bonds. The molecule has 0 radical (unpaired) electrons. The van der Waals surface area contributed by atoms with Crippen LogP contribution in [0.15, 0.2) is 54.6 Å². The van der Waals surface area contributed by atoms with Gasteiger partial charge in [-0.25, -0.2) is 0 Å². The minimum Gasteiger partial charge on any atom is -0.483 e. The average Bonchev–Trinajstić information content (AvgIpc) is 2.66. The lowest BCUT2D eigenvalue weighted by atomic mass is 10.1. The summed E-state index contributed by atoms with van der Waals surface area (Å²) in [5.74, 6) is -0.0714. The molecule has 2 aromatic carbocycles. The van der Waals surface area contributed by atoms with Gasteiger partial charge in [0.15, 0.2) is 0 Å². The third-order valence-electron chi connectivity index (χ3n) is 3.53. The predicted octanol–water partition coefficient (Wildman–Crippen LogP) is 2.81. The van der Waals surface area contributed by atoms with Crippen LogP contribution >= 0.6 is 0 Å². The van der Waals surface area contributed by atoms with Crippen LogP contribution in [0.2, 0.25) is 0 Å². The first-order chi connectivity index (χ1) is 10.2. The minimum absolute atomic E-state index is 0.215. The van der Waals surface area contributed by atoms with Crippen LogP contribution in [0.1, 0.15) is 28.9 Å². The highest BCUT2D eigenvalue weighted by Crippen LogP contribution is 2.30. The Bertz CT molecular complexity index is 681. The number of carbonyl (C=O) groups is 2. The zero-order chi connectivity index (χ0) is 14.8. The van der Waals surface area contributed by atoms with Crippen LogP contribution in [0.3, 0.4) is 0 Å². The molecule has 4 heteroatoms. The molecular weight excluding hydrogens is 266 g/mol. The van der Waals surface area contributed by atoms with Crippen molar-refractivity contribution in [1.82, 2.24) is 4.90 Å². The molecule has 0 saturated heterocycles. The molecule has 21 heavy (non-hydrogen) atoms. The number of fused-ring (bicyclic) bond motifs is 1. The van der Waals surface area contributed by atoms with Crippen LogP contribution in [0.5, 0.6) is 5.75 Å². The largest absolute Gasteiger partial charge is 0.483 e. The molecule has 1 aliphatic heterocycles. The maximum atomic E-state index is 12.5. The lowest BCUT2D eigenvalue weighted by Gasteiger charge is -2.21. The van der Waals surface area contributed by atoms with Crippen LogP contribution in [0.25, 0.3) is 0 Å². The van der Waals surface area contributed by atoms with Crippen LogP contribution in [0, 0.1) is 0 Å². The second-order valence-corrected chi connectivity index (χ2v) is 4.95. The van der Waals surface area contributed by atoms with E-state index in [0.717, 1.165) is 5.56 Å². The van der Waals surface area contributed by atoms with E-state index in [4.69, 9.17) is 4.74 Å². The number of hydrogen-bond acceptors (Lipinski definition) is 3. The number of imide groups is 1. The molecule has 4 nitrogen and oxygen atoms in total. The van der Waals surface area contributed by atoms with Gasteiger partial charge in [-0.1, -0.05) is 42.5 Å². The Hall–Kier alpha value is -2.62. The molecule has 1 heterocycles. The monoisotopic (exact) mass is 281 g/mol. The topological polar surface area (TPSA) is 46.6 Å². The Labute approximate surface area is 123 Å². The highest BCUT2D eigenvalue weighted by atomic mass is 16.5. The van der Waals surface area contributed by atoms with Gasteiger partial charge in [0.25, 0.3) is 5.91 Å². The standard InChI is InChI=1S/C17H15NO3/c1-12(19)18-11-16(13-7-3-2-4-8-13)21-15-10-6-5-9-14(15)17(18)20/h2-10,16H,11H2,1H3. The first-order valence-electron chi connectivity index (χ1n) is 6.80. The van der Waals surface area contributed by atoms with E-state index < -0.39 is 0 Å². The molecule has 0 aliphatic carbocycles. The van der Waals surface area contributed by atoms with Crippen molar-refractivity contribution in [3.63, 3.8) is 0 Å². The van der Waals surface area contributed by atoms with Gasteiger partial charge in [-0.05, 0) is 17.7 Å². The van der Waals surface area contributed by atoms with E-state index in [-0.39, 0.29) is 24.5 Å². The number of nitrogens with zero attached hydrogens (tertiary/aromatic N) is 1. The number of amides is 2. The molecular formula is C17H15NO3. The summed E-state index contributed by atoms with van der Waals surface area (Å²) >= 11 is 0. The number of rotatable bonds is 1. The number of para-hydroxylation sites is 1. The summed E-state index contributed by atoms with van der Waals surface area (Å²) in [5, 5.41) is 0. The molecule has 1 aliphatic rings. The van der Waals surface area contributed by atoms with Gasteiger partial charge in [-0.15, -0.1) is 0 Å². The van der Waals surface area contributed by atoms with Crippen molar-refractivity contribution in [1.29, 1.82) is 0 Å². The summed E-state index contributed by atoms with van der Waals surface area (Å²) < 4.78 is 5.98. The van der Waals surface area contributed by atoms with Crippen LogP contribution in [-0.4, -0.2) is 23.3 Å². The zero-order valence-electron chi connectivity index (χ0n) is 11.7. The van der Waals surface area contributed by atoms with Crippen molar-refractivity contribution in [3.8, 4) is 5.75 Å². The van der Waals surface area contributed by atoms with Crippen molar-refractivity contribution < 1.29 is 14.3 Å². The number of carbonyl (C=O) groups excluding carboxylic acids is 2. The van der Waals surface area contributed by atoms with Crippen molar-refractivity contribution >= 4 is 11.8 Å². The molecule has 0 aromatic heterocycles.